The molecule has 7 heteroatoms. The lowest BCUT2D eigenvalue weighted by Gasteiger charge is -2.11. The average Bonchev–Trinajstić information content (AvgIpc) is 3.30. The maximum atomic E-state index is 5.76. The van der Waals surface area contributed by atoms with Gasteiger partial charge in [0.1, 0.15) is 17.7 Å². The highest BCUT2D eigenvalue weighted by molar-refractivity contribution is 5.66. The minimum absolute atomic E-state index is 0.208. The Labute approximate surface area is 116 Å². The fraction of sp³-hybridized carbons (Fsp3) is 0.462. The van der Waals surface area contributed by atoms with E-state index in [0.29, 0.717) is 29.9 Å². The fourth-order valence-corrected chi connectivity index (χ4v) is 2.12. The highest BCUT2D eigenvalue weighted by atomic mass is 16.5. The third-order valence-electron chi connectivity index (χ3n) is 3.24. The van der Waals surface area contributed by atoms with Crippen LogP contribution in [0.2, 0.25) is 0 Å². The van der Waals surface area contributed by atoms with Gasteiger partial charge >= 0.3 is 0 Å². The summed E-state index contributed by atoms with van der Waals surface area (Å²) in [5.41, 5.74) is 7.43. The van der Waals surface area contributed by atoms with Crippen molar-refractivity contribution in [3.8, 4) is 17.3 Å². The normalized spacial score (nSPS) is 14.3. The number of hydrogen-bond donors (Lipinski definition) is 1. The summed E-state index contributed by atoms with van der Waals surface area (Å²) in [6.45, 7) is 1.97. The minimum atomic E-state index is 0.208. The second kappa shape index (κ2) is 4.99. The zero-order chi connectivity index (χ0) is 14.1. The van der Waals surface area contributed by atoms with E-state index in [-0.39, 0.29) is 5.95 Å². The molecule has 1 fully saturated rings. The summed E-state index contributed by atoms with van der Waals surface area (Å²) in [6, 6.07) is 0. The van der Waals surface area contributed by atoms with Gasteiger partial charge in [-0.1, -0.05) is 6.92 Å². The summed E-state index contributed by atoms with van der Waals surface area (Å²) in [4.78, 5) is 21.3. The van der Waals surface area contributed by atoms with E-state index >= 15 is 0 Å². The third-order valence-corrected chi connectivity index (χ3v) is 3.24. The van der Waals surface area contributed by atoms with Crippen LogP contribution in [0.15, 0.2) is 6.33 Å². The zero-order valence-corrected chi connectivity index (χ0v) is 11.5. The molecule has 104 valence electrons. The van der Waals surface area contributed by atoms with E-state index in [4.69, 9.17) is 10.5 Å². The number of nitrogen functional groups attached to an aromatic ring is 1. The molecule has 2 aromatic rings. The molecule has 0 atom stereocenters. The standard InChI is InChI=1S/C13H16N6O/c1-3-8-17-11(19-13(14)18-8)9-10(7-4-5-7)15-6-16-12(9)20-2/h6-7H,3-5H2,1-2H3,(H2,14,17,18,19). The Kier molecular flexibility index (Phi) is 3.17. The van der Waals surface area contributed by atoms with E-state index in [1.54, 1.807) is 7.11 Å². The lowest BCUT2D eigenvalue weighted by atomic mass is 10.1. The summed E-state index contributed by atoms with van der Waals surface area (Å²) in [5, 5.41) is 0. The molecule has 0 aliphatic heterocycles. The number of methoxy groups -OCH3 is 1. The Balaban J connectivity index is 2.19. The summed E-state index contributed by atoms with van der Waals surface area (Å²) in [5.74, 6) is 2.27. The van der Waals surface area contributed by atoms with Crippen molar-refractivity contribution in [3.05, 3.63) is 17.8 Å². The monoisotopic (exact) mass is 272 g/mol. The lowest BCUT2D eigenvalue weighted by Crippen LogP contribution is -2.07. The smallest absolute Gasteiger partial charge is 0.227 e. The van der Waals surface area contributed by atoms with E-state index in [2.05, 4.69) is 24.9 Å². The molecule has 1 saturated carbocycles. The van der Waals surface area contributed by atoms with Crippen molar-refractivity contribution in [2.45, 2.75) is 32.1 Å². The molecule has 0 radical (unpaired) electrons. The number of aromatic nitrogens is 5. The average molecular weight is 272 g/mol. The van der Waals surface area contributed by atoms with Gasteiger partial charge in [0.25, 0.3) is 0 Å². The second-order valence-corrected chi connectivity index (χ2v) is 4.70. The molecule has 0 unspecified atom stereocenters. The number of nitrogens with two attached hydrogens (primary N) is 1. The number of ether oxygens (including phenoxy) is 1. The molecular weight excluding hydrogens is 256 g/mol. The topological polar surface area (TPSA) is 99.7 Å². The molecule has 2 heterocycles. The molecule has 0 saturated heterocycles. The van der Waals surface area contributed by atoms with E-state index in [1.165, 1.54) is 6.33 Å². The first-order chi connectivity index (χ1) is 9.72. The number of anilines is 1. The van der Waals surface area contributed by atoms with Gasteiger partial charge < -0.3 is 10.5 Å². The van der Waals surface area contributed by atoms with Gasteiger partial charge in [0.15, 0.2) is 5.82 Å². The Bertz CT molecular complexity index is 641. The SMILES string of the molecule is CCc1nc(N)nc(-c2c(OC)ncnc2C2CC2)n1. The van der Waals surface area contributed by atoms with E-state index in [1.807, 2.05) is 6.92 Å². The van der Waals surface area contributed by atoms with Gasteiger partial charge in [-0.05, 0) is 12.8 Å². The van der Waals surface area contributed by atoms with Crippen LogP contribution in [0.4, 0.5) is 5.95 Å². The Hall–Kier alpha value is -2.31. The number of hydrogen-bond acceptors (Lipinski definition) is 7. The van der Waals surface area contributed by atoms with Crippen molar-refractivity contribution < 1.29 is 4.74 Å². The van der Waals surface area contributed by atoms with Crippen LogP contribution in [0.25, 0.3) is 11.4 Å². The van der Waals surface area contributed by atoms with Crippen molar-refractivity contribution in [2.75, 3.05) is 12.8 Å². The molecular formula is C13H16N6O. The largest absolute Gasteiger partial charge is 0.480 e. The highest BCUT2D eigenvalue weighted by Gasteiger charge is 2.31. The van der Waals surface area contributed by atoms with E-state index in [9.17, 15) is 0 Å². The summed E-state index contributed by atoms with van der Waals surface area (Å²) in [7, 11) is 1.58. The Morgan fingerprint density at radius 1 is 1.25 bits per heavy atom. The van der Waals surface area contributed by atoms with Crippen LogP contribution in [0.1, 0.15) is 37.2 Å². The third kappa shape index (κ3) is 2.26. The maximum Gasteiger partial charge on any atom is 0.227 e. The molecule has 20 heavy (non-hydrogen) atoms. The van der Waals surface area contributed by atoms with Crippen molar-refractivity contribution in [3.63, 3.8) is 0 Å². The molecule has 0 bridgehead atoms. The number of rotatable bonds is 4. The Morgan fingerprint density at radius 2 is 2.05 bits per heavy atom. The van der Waals surface area contributed by atoms with Gasteiger partial charge in [-0.25, -0.2) is 15.0 Å². The first-order valence-corrected chi connectivity index (χ1v) is 6.62. The molecule has 2 aromatic heterocycles. The molecule has 3 rings (SSSR count). The maximum absolute atomic E-state index is 5.76. The lowest BCUT2D eigenvalue weighted by molar-refractivity contribution is 0.397. The van der Waals surface area contributed by atoms with Crippen LogP contribution < -0.4 is 10.5 Å². The molecule has 0 amide bonds. The molecule has 0 aromatic carbocycles. The predicted octanol–water partition coefficient (Wildman–Crippen LogP) is 1.36. The van der Waals surface area contributed by atoms with Gasteiger partial charge in [0, 0.05) is 12.3 Å². The minimum Gasteiger partial charge on any atom is -0.480 e. The molecule has 2 N–H and O–H groups in total. The first-order valence-electron chi connectivity index (χ1n) is 6.62. The van der Waals surface area contributed by atoms with Gasteiger partial charge in [0.2, 0.25) is 11.8 Å². The van der Waals surface area contributed by atoms with Gasteiger partial charge in [-0.3, -0.25) is 0 Å². The van der Waals surface area contributed by atoms with Crippen molar-refractivity contribution >= 4 is 5.95 Å². The zero-order valence-electron chi connectivity index (χ0n) is 11.5. The summed E-state index contributed by atoms with van der Waals surface area (Å²) >= 11 is 0. The quantitative estimate of drug-likeness (QED) is 0.896. The molecule has 1 aliphatic rings. The van der Waals surface area contributed by atoms with Crippen LogP contribution in [0.3, 0.4) is 0 Å². The van der Waals surface area contributed by atoms with Crippen LogP contribution in [0, 0.1) is 0 Å². The van der Waals surface area contributed by atoms with Gasteiger partial charge in [-0.15, -0.1) is 0 Å². The highest BCUT2D eigenvalue weighted by Crippen LogP contribution is 2.44. The van der Waals surface area contributed by atoms with E-state index in [0.717, 1.165) is 24.1 Å². The van der Waals surface area contributed by atoms with E-state index < -0.39 is 0 Å². The second-order valence-electron chi connectivity index (χ2n) is 4.70. The number of nitrogens with zero attached hydrogens (tertiary/aromatic N) is 5. The van der Waals surface area contributed by atoms with Crippen molar-refractivity contribution in [2.24, 2.45) is 0 Å². The van der Waals surface area contributed by atoms with Crippen LogP contribution in [-0.2, 0) is 6.42 Å². The number of aryl methyl sites for hydroxylation is 1. The van der Waals surface area contributed by atoms with Gasteiger partial charge in [-0.2, -0.15) is 9.97 Å². The van der Waals surface area contributed by atoms with Gasteiger partial charge in [0.05, 0.1) is 12.8 Å². The Morgan fingerprint density at radius 3 is 2.70 bits per heavy atom. The van der Waals surface area contributed by atoms with Crippen LogP contribution in [0.5, 0.6) is 5.88 Å². The fourth-order valence-electron chi connectivity index (χ4n) is 2.12. The summed E-state index contributed by atoms with van der Waals surface area (Å²) in [6.07, 6.45) is 4.44. The predicted molar refractivity (Wildman–Crippen MR) is 73.2 cm³/mol. The molecule has 7 nitrogen and oxygen atoms in total. The van der Waals surface area contributed by atoms with Crippen LogP contribution in [-0.4, -0.2) is 32.0 Å². The van der Waals surface area contributed by atoms with Crippen molar-refractivity contribution in [1.29, 1.82) is 0 Å². The first kappa shape index (κ1) is 12.7. The molecule has 0 spiro atoms. The van der Waals surface area contributed by atoms with Crippen molar-refractivity contribution in [1.82, 2.24) is 24.9 Å². The van der Waals surface area contributed by atoms with Crippen LogP contribution >= 0.6 is 0 Å². The summed E-state index contributed by atoms with van der Waals surface area (Å²) < 4.78 is 5.34. The molecule has 1 aliphatic carbocycles.